The molecule has 0 amide bonds. The van der Waals surface area contributed by atoms with Crippen LogP contribution in [0.3, 0.4) is 0 Å². The highest BCUT2D eigenvalue weighted by molar-refractivity contribution is 5.83. The summed E-state index contributed by atoms with van der Waals surface area (Å²) in [4.78, 5) is 4.83. The third-order valence-electron chi connectivity index (χ3n) is 3.96. The molecular weight excluding hydrogens is 248 g/mol. The number of rotatable bonds is 2. The van der Waals surface area contributed by atoms with Crippen molar-refractivity contribution < 1.29 is 4.74 Å². The van der Waals surface area contributed by atoms with Crippen LogP contribution < -0.4 is 10.1 Å². The fourth-order valence-corrected chi connectivity index (χ4v) is 2.74. The Kier molecular flexibility index (Phi) is 3.62. The lowest BCUT2D eigenvalue weighted by Crippen LogP contribution is -2.27. The molecule has 0 saturated carbocycles. The Hall–Kier alpha value is -1.61. The summed E-state index contributed by atoms with van der Waals surface area (Å²) in [6.07, 6.45) is 1.21. The van der Waals surface area contributed by atoms with Gasteiger partial charge in [-0.05, 0) is 24.0 Å². The standard InChI is InChI=1S/C17H22N2O/c1-4-14-10-18-9-13-8-12-6-5-7-15(11(2)3)16(12)19-17(13)20-14/h5-8,11,14,18H,4,9-10H2,1-3H3/t14-/m1/s1. The van der Waals surface area contributed by atoms with E-state index < -0.39 is 0 Å². The second-order valence-corrected chi connectivity index (χ2v) is 5.81. The van der Waals surface area contributed by atoms with Gasteiger partial charge in [0.1, 0.15) is 6.10 Å². The van der Waals surface area contributed by atoms with Gasteiger partial charge >= 0.3 is 0 Å². The molecule has 3 heteroatoms. The number of aromatic nitrogens is 1. The van der Waals surface area contributed by atoms with Crippen LogP contribution in [0.4, 0.5) is 0 Å². The molecule has 0 spiro atoms. The summed E-state index contributed by atoms with van der Waals surface area (Å²) in [6.45, 7) is 8.29. The van der Waals surface area contributed by atoms with Crippen LogP contribution in [0.5, 0.6) is 5.88 Å². The summed E-state index contributed by atoms with van der Waals surface area (Å²) in [7, 11) is 0. The maximum absolute atomic E-state index is 6.08. The van der Waals surface area contributed by atoms with Crippen LogP contribution in [0, 0.1) is 0 Å². The first-order valence-electron chi connectivity index (χ1n) is 7.49. The van der Waals surface area contributed by atoms with Gasteiger partial charge < -0.3 is 10.1 Å². The zero-order valence-electron chi connectivity index (χ0n) is 12.4. The van der Waals surface area contributed by atoms with Crippen molar-refractivity contribution in [2.75, 3.05) is 6.54 Å². The quantitative estimate of drug-likeness (QED) is 0.905. The van der Waals surface area contributed by atoms with Crippen molar-refractivity contribution in [3.05, 3.63) is 35.4 Å². The Bertz CT molecular complexity index is 622. The van der Waals surface area contributed by atoms with Crippen molar-refractivity contribution in [1.29, 1.82) is 0 Å². The number of ether oxygens (including phenoxy) is 1. The Morgan fingerprint density at radius 1 is 1.40 bits per heavy atom. The molecule has 0 aliphatic carbocycles. The van der Waals surface area contributed by atoms with Crippen molar-refractivity contribution in [3.8, 4) is 5.88 Å². The molecule has 0 unspecified atom stereocenters. The lowest BCUT2D eigenvalue weighted by molar-refractivity contribution is 0.195. The van der Waals surface area contributed by atoms with E-state index in [1.54, 1.807) is 0 Å². The molecule has 1 aromatic carbocycles. The van der Waals surface area contributed by atoms with E-state index in [2.05, 4.69) is 50.4 Å². The fraction of sp³-hybridized carbons (Fsp3) is 0.471. The van der Waals surface area contributed by atoms with Crippen molar-refractivity contribution in [2.45, 2.75) is 45.8 Å². The Morgan fingerprint density at radius 3 is 3.00 bits per heavy atom. The first-order valence-corrected chi connectivity index (χ1v) is 7.49. The molecule has 1 N–H and O–H groups in total. The highest BCUT2D eigenvalue weighted by Gasteiger charge is 2.18. The van der Waals surface area contributed by atoms with Crippen LogP contribution in [0.2, 0.25) is 0 Å². The molecule has 0 saturated heterocycles. The van der Waals surface area contributed by atoms with Gasteiger partial charge in [0.15, 0.2) is 0 Å². The predicted octanol–water partition coefficient (Wildman–Crippen LogP) is 3.62. The lowest BCUT2D eigenvalue weighted by Gasteiger charge is -2.16. The van der Waals surface area contributed by atoms with Crippen LogP contribution in [0.15, 0.2) is 24.3 Å². The average Bonchev–Trinajstić information content (AvgIpc) is 2.65. The van der Waals surface area contributed by atoms with Crippen LogP contribution in [0.25, 0.3) is 10.9 Å². The van der Waals surface area contributed by atoms with Crippen molar-refractivity contribution >= 4 is 10.9 Å². The number of para-hydroxylation sites is 1. The van der Waals surface area contributed by atoms with E-state index in [1.165, 1.54) is 10.9 Å². The molecule has 20 heavy (non-hydrogen) atoms. The second-order valence-electron chi connectivity index (χ2n) is 5.81. The van der Waals surface area contributed by atoms with E-state index in [0.29, 0.717) is 5.92 Å². The number of pyridine rings is 1. The molecule has 106 valence electrons. The van der Waals surface area contributed by atoms with Gasteiger partial charge in [-0.1, -0.05) is 39.0 Å². The van der Waals surface area contributed by atoms with Gasteiger partial charge in [0, 0.05) is 24.0 Å². The second kappa shape index (κ2) is 5.41. The molecule has 2 aromatic rings. The number of nitrogens with one attached hydrogen (secondary N) is 1. The minimum Gasteiger partial charge on any atom is -0.473 e. The molecule has 3 rings (SSSR count). The largest absolute Gasteiger partial charge is 0.473 e. The van der Waals surface area contributed by atoms with Gasteiger partial charge in [-0.25, -0.2) is 4.98 Å². The SMILES string of the molecule is CC[C@@H]1CNCc2cc3cccc(C(C)C)c3nc2O1. The minimum atomic E-state index is 0.215. The van der Waals surface area contributed by atoms with Gasteiger partial charge in [0.2, 0.25) is 5.88 Å². The Morgan fingerprint density at radius 2 is 2.25 bits per heavy atom. The summed E-state index contributed by atoms with van der Waals surface area (Å²) in [6, 6.07) is 8.63. The van der Waals surface area contributed by atoms with Crippen molar-refractivity contribution in [3.63, 3.8) is 0 Å². The van der Waals surface area contributed by atoms with Gasteiger partial charge in [0.05, 0.1) is 5.52 Å². The maximum Gasteiger partial charge on any atom is 0.218 e. The van der Waals surface area contributed by atoms with E-state index in [1.807, 2.05) is 0 Å². The summed E-state index contributed by atoms with van der Waals surface area (Å²) >= 11 is 0. The molecule has 1 aliphatic rings. The van der Waals surface area contributed by atoms with E-state index >= 15 is 0 Å². The van der Waals surface area contributed by atoms with Gasteiger partial charge in [0.25, 0.3) is 0 Å². The van der Waals surface area contributed by atoms with Gasteiger partial charge in [-0.3, -0.25) is 0 Å². The first kappa shape index (κ1) is 13.4. The summed E-state index contributed by atoms with van der Waals surface area (Å²) in [5, 5.41) is 4.65. The maximum atomic E-state index is 6.08. The van der Waals surface area contributed by atoms with Crippen LogP contribution >= 0.6 is 0 Å². The first-order chi connectivity index (χ1) is 9.69. The molecule has 1 atom stereocenters. The zero-order chi connectivity index (χ0) is 14.1. The van der Waals surface area contributed by atoms with E-state index in [-0.39, 0.29) is 6.10 Å². The molecular formula is C17H22N2O. The van der Waals surface area contributed by atoms with E-state index in [4.69, 9.17) is 9.72 Å². The summed E-state index contributed by atoms with van der Waals surface area (Å²) < 4.78 is 6.08. The third-order valence-corrected chi connectivity index (χ3v) is 3.96. The summed E-state index contributed by atoms with van der Waals surface area (Å²) in [5.74, 6) is 1.28. The van der Waals surface area contributed by atoms with Gasteiger partial charge in [-0.2, -0.15) is 0 Å². The lowest BCUT2D eigenvalue weighted by atomic mass is 9.99. The minimum absolute atomic E-state index is 0.215. The Balaban J connectivity index is 2.14. The van der Waals surface area contributed by atoms with E-state index in [9.17, 15) is 0 Å². The highest BCUT2D eigenvalue weighted by Crippen LogP contribution is 2.29. The zero-order valence-corrected chi connectivity index (χ0v) is 12.4. The smallest absolute Gasteiger partial charge is 0.218 e. The predicted molar refractivity (Wildman–Crippen MR) is 82.2 cm³/mol. The van der Waals surface area contributed by atoms with E-state index in [0.717, 1.165) is 36.5 Å². The third kappa shape index (κ3) is 2.38. The van der Waals surface area contributed by atoms with Gasteiger partial charge in [-0.15, -0.1) is 0 Å². The number of benzene rings is 1. The average molecular weight is 270 g/mol. The number of hydrogen-bond acceptors (Lipinski definition) is 3. The molecule has 0 bridgehead atoms. The van der Waals surface area contributed by atoms with Crippen LogP contribution in [-0.4, -0.2) is 17.6 Å². The number of nitrogens with zero attached hydrogens (tertiary/aromatic N) is 1. The monoisotopic (exact) mass is 270 g/mol. The summed E-state index contributed by atoms with van der Waals surface area (Å²) in [5.41, 5.74) is 3.53. The normalized spacial score (nSPS) is 18.7. The highest BCUT2D eigenvalue weighted by atomic mass is 16.5. The number of fused-ring (bicyclic) bond motifs is 2. The molecule has 0 radical (unpaired) electrons. The number of hydrogen-bond donors (Lipinski definition) is 1. The molecule has 3 nitrogen and oxygen atoms in total. The molecule has 2 heterocycles. The van der Waals surface area contributed by atoms with Crippen molar-refractivity contribution in [1.82, 2.24) is 10.3 Å². The Labute approximate surface area is 120 Å². The van der Waals surface area contributed by atoms with Crippen LogP contribution in [0.1, 0.15) is 44.2 Å². The molecule has 1 aromatic heterocycles. The molecule has 1 aliphatic heterocycles. The molecule has 0 fully saturated rings. The fourth-order valence-electron chi connectivity index (χ4n) is 2.74. The van der Waals surface area contributed by atoms with Crippen molar-refractivity contribution in [2.24, 2.45) is 0 Å². The van der Waals surface area contributed by atoms with Crippen LogP contribution in [-0.2, 0) is 6.54 Å². The topological polar surface area (TPSA) is 34.2 Å².